The highest BCUT2D eigenvalue weighted by atomic mass is 16.5. The smallest absolute Gasteiger partial charge is 0.329 e. The molecule has 1 aliphatic rings. The average Bonchev–Trinajstić information content (AvgIpc) is 2.52. The summed E-state index contributed by atoms with van der Waals surface area (Å²) in [4.78, 5) is 24.1. The largest absolute Gasteiger partial charge is 0.497 e. The Morgan fingerprint density at radius 3 is 2.23 bits per heavy atom. The summed E-state index contributed by atoms with van der Waals surface area (Å²) in [7, 11) is 1.59. The molecular formula is C19H28N4O3. The van der Waals surface area contributed by atoms with Crippen LogP contribution < -0.4 is 20.8 Å². The Labute approximate surface area is 154 Å². The highest BCUT2D eigenvalue weighted by Gasteiger charge is 2.38. The molecule has 0 unspecified atom stereocenters. The Hall–Kier alpha value is -2.41. The van der Waals surface area contributed by atoms with Gasteiger partial charge in [0.15, 0.2) is 0 Å². The third-order valence-corrected chi connectivity index (χ3v) is 4.23. The number of nitrogens with zero attached hydrogens (tertiary/aromatic N) is 1. The highest BCUT2D eigenvalue weighted by Crippen LogP contribution is 2.28. The number of benzene rings is 1. The third-order valence-electron chi connectivity index (χ3n) is 4.23. The maximum absolute atomic E-state index is 12.1. The standard InChI is InChI=1S/C19H28N4O3/c1-18(2)10-14(11-19(3,4)23-18)21-16(24)17(25)22-20-12-13-6-8-15(26-5)9-7-13/h6-9,12,14,23H,10-11H2,1-5H3,(H,21,24)(H,22,25)/b20-12-. The molecule has 0 aromatic heterocycles. The van der Waals surface area contributed by atoms with Gasteiger partial charge in [-0.3, -0.25) is 9.59 Å². The number of hydrogen-bond donors (Lipinski definition) is 3. The van der Waals surface area contributed by atoms with Crippen molar-refractivity contribution in [3.8, 4) is 5.75 Å². The van der Waals surface area contributed by atoms with Gasteiger partial charge in [-0.2, -0.15) is 5.10 Å². The first-order chi connectivity index (χ1) is 12.1. The number of nitrogens with one attached hydrogen (secondary N) is 3. The first-order valence-corrected chi connectivity index (χ1v) is 8.67. The van der Waals surface area contributed by atoms with Gasteiger partial charge >= 0.3 is 11.8 Å². The van der Waals surface area contributed by atoms with Crippen LogP contribution in [0.4, 0.5) is 0 Å². The lowest BCUT2D eigenvalue weighted by Crippen LogP contribution is -2.62. The van der Waals surface area contributed by atoms with Crippen molar-refractivity contribution in [3.05, 3.63) is 29.8 Å². The first kappa shape index (κ1) is 19.9. The van der Waals surface area contributed by atoms with E-state index in [1.54, 1.807) is 31.4 Å². The molecule has 1 aromatic rings. The zero-order valence-corrected chi connectivity index (χ0v) is 16.1. The Balaban J connectivity index is 1.87. The maximum atomic E-state index is 12.1. The maximum Gasteiger partial charge on any atom is 0.329 e. The van der Waals surface area contributed by atoms with Gasteiger partial charge in [0.05, 0.1) is 13.3 Å². The second-order valence-corrected chi connectivity index (χ2v) is 7.94. The summed E-state index contributed by atoms with van der Waals surface area (Å²) >= 11 is 0. The van der Waals surface area contributed by atoms with Crippen molar-refractivity contribution in [1.82, 2.24) is 16.1 Å². The van der Waals surface area contributed by atoms with Crippen LogP contribution in [0.25, 0.3) is 0 Å². The van der Waals surface area contributed by atoms with Gasteiger partial charge < -0.3 is 15.4 Å². The SMILES string of the molecule is COc1ccc(/C=N\NC(=O)C(=O)NC2CC(C)(C)NC(C)(C)C2)cc1. The number of carbonyl (C=O) groups is 2. The molecule has 26 heavy (non-hydrogen) atoms. The van der Waals surface area contributed by atoms with Crippen LogP contribution >= 0.6 is 0 Å². The quantitative estimate of drug-likeness (QED) is 0.432. The van der Waals surface area contributed by atoms with E-state index in [1.807, 2.05) is 0 Å². The van der Waals surface area contributed by atoms with E-state index in [-0.39, 0.29) is 17.1 Å². The lowest BCUT2D eigenvalue weighted by molar-refractivity contribution is -0.140. The van der Waals surface area contributed by atoms with E-state index in [0.29, 0.717) is 0 Å². The predicted octanol–water partition coefficient (Wildman–Crippen LogP) is 1.57. The van der Waals surface area contributed by atoms with Crippen LogP contribution in [-0.4, -0.2) is 42.3 Å². The lowest BCUT2D eigenvalue weighted by Gasteiger charge is -2.46. The minimum atomic E-state index is -0.774. The van der Waals surface area contributed by atoms with Crippen LogP contribution in [0.1, 0.15) is 46.1 Å². The number of carbonyl (C=O) groups excluding carboxylic acids is 2. The second-order valence-electron chi connectivity index (χ2n) is 7.94. The molecule has 3 N–H and O–H groups in total. The summed E-state index contributed by atoms with van der Waals surface area (Å²) in [6, 6.07) is 7.11. The molecule has 7 heteroatoms. The zero-order valence-electron chi connectivity index (χ0n) is 16.1. The van der Waals surface area contributed by atoms with Crippen molar-refractivity contribution in [3.63, 3.8) is 0 Å². The lowest BCUT2D eigenvalue weighted by atomic mass is 9.79. The average molecular weight is 360 g/mol. The van der Waals surface area contributed by atoms with Crippen molar-refractivity contribution in [2.45, 2.75) is 57.7 Å². The number of amides is 2. The number of hydrogen-bond acceptors (Lipinski definition) is 5. The normalized spacial score (nSPS) is 19.1. The van der Waals surface area contributed by atoms with E-state index in [2.05, 4.69) is 48.9 Å². The van der Waals surface area contributed by atoms with Crippen LogP contribution in [-0.2, 0) is 9.59 Å². The molecule has 0 aliphatic carbocycles. The van der Waals surface area contributed by atoms with E-state index in [0.717, 1.165) is 24.2 Å². The van der Waals surface area contributed by atoms with Crippen LogP contribution in [0.3, 0.4) is 0 Å². The molecule has 0 atom stereocenters. The van der Waals surface area contributed by atoms with Crippen LogP contribution in [0.5, 0.6) is 5.75 Å². The van der Waals surface area contributed by atoms with Gasteiger partial charge in [0.25, 0.3) is 0 Å². The van der Waals surface area contributed by atoms with Gasteiger partial charge in [-0.25, -0.2) is 5.43 Å². The Bertz CT molecular complexity index is 665. The van der Waals surface area contributed by atoms with Crippen LogP contribution in [0, 0.1) is 0 Å². The van der Waals surface area contributed by atoms with E-state index >= 15 is 0 Å². The third kappa shape index (κ3) is 5.84. The molecule has 2 rings (SSSR count). The molecule has 1 aliphatic heterocycles. The summed E-state index contributed by atoms with van der Waals surface area (Å²) in [5.74, 6) is -0.710. The molecule has 7 nitrogen and oxygen atoms in total. The zero-order chi connectivity index (χ0) is 19.4. The van der Waals surface area contributed by atoms with Gasteiger partial charge in [0.1, 0.15) is 5.75 Å². The Morgan fingerprint density at radius 1 is 1.12 bits per heavy atom. The molecule has 0 bridgehead atoms. The number of piperidine rings is 1. The topological polar surface area (TPSA) is 91.8 Å². The summed E-state index contributed by atoms with van der Waals surface area (Å²) < 4.78 is 5.07. The number of methoxy groups -OCH3 is 1. The van der Waals surface area contributed by atoms with Crippen molar-refractivity contribution >= 4 is 18.0 Å². The fourth-order valence-corrected chi connectivity index (χ4v) is 3.58. The summed E-state index contributed by atoms with van der Waals surface area (Å²) in [5, 5.41) is 10.2. The minimum Gasteiger partial charge on any atom is -0.497 e. The van der Waals surface area contributed by atoms with Gasteiger partial charge in [0.2, 0.25) is 0 Å². The van der Waals surface area contributed by atoms with E-state index < -0.39 is 11.8 Å². The molecule has 1 fully saturated rings. The van der Waals surface area contributed by atoms with E-state index in [4.69, 9.17) is 4.74 Å². The first-order valence-electron chi connectivity index (χ1n) is 8.67. The molecule has 0 radical (unpaired) electrons. The molecule has 2 amide bonds. The Kier molecular flexibility index (Phi) is 6.02. The number of rotatable bonds is 4. The van der Waals surface area contributed by atoms with Crippen molar-refractivity contribution in [1.29, 1.82) is 0 Å². The van der Waals surface area contributed by atoms with Crippen LogP contribution in [0.15, 0.2) is 29.4 Å². The summed E-state index contributed by atoms with van der Waals surface area (Å²) in [6.07, 6.45) is 2.98. The second kappa shape index (κ2) is 7.86. The van der Waals surface area contributed by atoms with Crippen molar-refractivity contribution in [2.75, 3.05) is 7.11 Å². The Morgan fingerprint density at radius 2 is 1.69 bits per heavy atom. The van der Waals surface area contributed by atoms with Crippen LogP contribution in [0.2, 0.25) is 0 Å². The van der Waals surface area contributed by atoms with Gasteiger partial charge in [-0.1, -0.05) is 0 Å². The monoisotopic (exact) mass is 360 g/mol. The van der Waals surface area contributed by atoms with Crippen molar-refractivity contribution < 1.29 is 14.3 Å². The number of ether oxygens (including phenoxy) is 1. The molecule has 0 spiro atoms. The fourth-order valence-electron chi connectivity index (χ4n) is 3.58. The van der Waals surface area contributed by atoms with E-state index in [9.17, 15) is 9.59 Å². The fraction of sp³-hybridized carbons (Fsp3) is 0.526. The van der Waals surface area contributed by atoms with E-state index in [1.165, 1.54) is 6.21 Å². The van der Waals surface area contributed by atoms with Gasteiger partial charge in [-0.05, 0) is 70.4 Å². The van der Waals surface area contributed by atoms with Gasteiger partial charge in [0, 0.05) is 17.1 Å². The molecule has 0 saturated carbocycles. The molecular weight excluding hydrogens is 332 g/mol. The summed E-state index contributed by atoms with van der Waals surface area (Å²) in [5.41, 5.74) is 2.83. The minimum absolute atomic E-state index is 0.0648. The van der Waals surface area contributed by atoms with Gasteiger partial charge in [-0.15, -0.1) is 0 Å². The predicted molar refractivity (Wildman–Crippen MR) is 101 cm³/mol. The molecule has 1 aromatic carbocycles. The number of hydrazone groups is 1. The van der Waals surface area contributed by atoms with Crippen molar-refractivity contribution in [2.24, 2.45) is 5.10 Å². The molecule has 142 valence electrons. The molecule has 1 saturated heterocycles. The highest BCUT2D eigenvalue weighted by molar-refractivity contribution is 6.35. The summed E-state index contributed by atoms with van der Waals surface area (Å²) in [6.45, 7) is 8.36. The molecule has 1 heterocycles.